The molecule has 61 heavy (non-hydrogen) atoms. The van der Waals surface area contributed by atoms with Gasteiger partial charge in [-0.15, -0.1) is 0 Å². The maximum atomic E-state index is 11.4. The van der Waals surface area contributed by atoms with Crippen molar-refractivity contribution in [3.05, 3.63) is 11.6 Å². The number of aliphatic hydroxyl groups excluding tert-OH is 10. The van der Waals surface area contributed by atoms with Crippen LogP contribution in [0.5, 0.6) is 0 Å². The van der Waals surface area contributed by atoms with Crippen molar-refractivity contribution in [1.82, 2.24) is 0 Å². The summed E-state index contributed by atoms with van der Waals surface area (Å²) >= 11 is 0. The number of aliphatic hydroxyl groups is 10. The smallest absolute Gasteiger partial charge is 0.200 e. The van der Waals surface area contributed by atoms with Crippen LogP contribution in [0.1, 0.15) is 73.1 Å². The van der Waals surface area contributed by atoms with Gasteiger partial charge in [0.05, 0.1) is 50.3 Å². The van der Waals surface area contributed by atoms with E-state index in [-0.39, 0.29) is 66.7 Å². The first-order valence-electron chi connectivity index (χ1n) is 22.5. The van der Waals surface area contributed by atoms with Gasteiger partial charge in [-0.1, -0.05) is 39.3 Å². The molecule has 1 spiro atoms. The second-order valence-corrected chi connectivity index (χ2v) is 20.4. The first-order valence-corrected chi connectivity index (χ1v) is 22.5. The van der Waals surface area contributed by atoms with Crippen LogP contribution in [0.15, 0.2) is 11.6 Å². The third-order valence-electron chi connectivity index (χ3n) is 17.2. The highest BCUT2D eigenvalue weighted by molar-refractivity contribution is 5.29. The summed E-state index contributed by atoms with van der Waals surface area (Å²) in [7, 11) is 0. The number of hydrogen-bond donors (Lipinski definition) is 10. The highest BCUT2D eigenvalue weighted by Crippen LogP contribution is 2.71. The van der Waals surface area contributed by atoms with Gasteiger partial charge in [-0.3, -0.25) is 0 Å². The van der Waals surface area contributed by atoms with Crippen LogP contribution in [-0.2, 0) is 37.9 Å². The Kier molecular flexibility index (Phi) is 12.2. The van der Waals surface area contributed by atoms with E-state index in [1.165, 1.54) is 6.92 Å². The molecule has 5 saturated heterocycles. The highest BCUT2D eigenvalue weighted by atomic mass is 16.8. The van der Waals surface area contributed by atoms with Crippen LogP contribution in [-0.4, -0.2) is 187 Å². The molecule has 0 aromatic heterocycles. The van der Waals surface area contributed by atoms with Crippen LogP contribution in [0.2, 0.25) is 0 Å². The summed E-state index contributed by atoms with van der Waals surface area (Å²) in [6.07, 6.45) is -16.6. The van der Waals surface area contributed by atoms with Crippen molar-refractivity contribution in [1.29, 1.82) is 0 Å². The van der Waals surface area contributed by atoms with Gasteiger partial charge in [0, 0.05) is 23.7 Å². The Labute approximate surface area is 355 Å². The van der Waals surface area contributed by atoms with Gasteiger partial charge in [-0.2, -0.15) is 0 Å². The number of hydrogen-bond acceptors (Lipinski definition) is 18. The Morgan fingerprint density at radius 3 is 2.13 bits per heavy atom. The van der Waals surface area contributed by atoms with E-state index in [2.05, 4.69) is 26.8 Å². The lowest BCUT2D eigenvalue weighted by atomic mass is 9.46. The van der Waals surface area contributed by atoms with Crippen molar-refractivity contribution in [2.75, 3.05) is 19.8 Å². The highest BCUT2D eigenvalue weighted by Gasteiger charge is 2.72. The number of fused-ring (bicyclic) bond motifs is 7. The predicted molar refractivity (Wildman–Crippen MR) is 206 cm³/mol. The van der Waals surface area contributed by atoms with Crippen LogP contribution in [0.4, 0.5) is 0 Å². The molecule has 5 heterocycles. The molecular weight excluding hydrogens is 804 g/mol. The molecule has 10 N–H and O–H groups in total. The van der Waals surface area contributed by atoms with E-state index in [0.29, 0.717) is 13.0 Å². The molecule has 9 rings (SSSR count). The van der Waals surface area contributed by atoms with E-state index < -0.39 is 116 Å². The fourth-order valence-electron chi connectivity index (χ4n) is 13.7. The molecule has 27 atom stereocenters. The summed E-state index contributed by atoms with van der Waals surface area (Å²) in [5.74, 6) is -0.948. The average molecular weight is 873 g/mol. The molecule has 348 valence electrons. The lowest BCUT2D eigenvalue weighted by Crippen LogP contribution is -2.65. The van der Waals surface area contributed by atoms with E-state index in [4.69, 9.17) is 37.9 Å². The molecule has 18 nitrogen and oxygen atoms in total. The third-order valence-corrected chi connectivity index (χ3v) is 17.2. The van der Waals surface area contributed by atoms with Crippen LogP contribution < -0.4 is 0 Å². The maximum absolute atomic E-state index is 11.4. The third kappa shape index (κ3) is 7.05. The summed E-state index contributed by atoms with van der Waals surface area (Å²) in [6.45, 7) is 9.58. The van der Waals surface area contributed by atoms with Crippen molar-refractivity contribution >= 4 is 0 Å². The number of rotatable bonds is 6. The minimum Gasteiger partial charge on any atom is -0.393 e. The molecule has 27 unspecified atom stereocenters. The van der Waals surface area contributed by atoms with E-state index in [1.54, 1.807) is 0 Å². The quantitative estimate of drug-likeness (QED) is 0.135. The summed E-state index contributed by atoms with van der Waals surface area (Å²) < 4.78 is 50.0. The summed E-state index contributed by atoms with van der Waals surface area (Å²) in [4.78, 5) is 0. The minimum absolute atomic E-state index is 0.0970. The topological polar surface area (TPSA) is 276 Å². The van der Waals surface area contributed by atoms with Gasteiger partial charge < -0.3 is 89.0 Å². The first kappa shape index (κ1) is 45.2. The maximum Gasteiger partial charge on any atom is 0.200 e. The molecule has 18 heteroatoms. The fraction of sp³-hybridized carbons (Fsp3) is 0.953. The largest absolute Gasteiger partial charge is 0.393 e. The molecule has 8 fully saturated rings. The second-order valence-electron chi connectivity index (χ2n) is 20.4. The lowest BCUT2D eigenvalue weighted by molar-refractivity contribution is -0.382. The van der Waals surface area contributed by atoms with Crippen molar-refractivity contribution in [3.63, 3.8) is 0 Å². The van der Waals surface area contributed by atoms with E-state index in [9.17, 15) is 51.1 Å². The average Bonchev–Trinajstić information content (AvgIpc) is 3.68. The minimum atomic E-state index is -1.74. The van der Waals surface area contributed by atoms with Gasteiger partial charge in [0.15, 0.2) is 24.7 Å². The van der Waals surface area contributed by atoms with E-state index in [0.717, 1.165) is 31.3 Å². The SMILES string of the molecule is CC1COC2(OC3CC4C5CC=C6CC(O)CC(OC7OCC(O)C(OC8OCC(O)C(O)C8O)C7OC7OC(C)C(O)C(O)C7O)C6(C)C5CCC4(C)C3C2C)C(O)C1O. The molecule has 0 bridgehead atoms. The van der Waals surface area contributed by atoms with Crippen LogP contribution in [0.25, 0.3) is 0 Å². The van der Waals surface area contributed by atoms with Crippen LogP contribution in [0, 0.1) is 46.3 Å². The Morgan fingerprint density at radius 2 is 1.38 bits per heavy atom. The monoisotopic (exact) mass is 872 g/mol. The molecule has 0 aromatic rings. The van der Waals surface area contributed by atoms with Gasteiger partial charge in [-0.25, -0.2) is 0 Å². The van der Waals surface area contributed by atoms with Crippen LogP contribution >= 0.6 is 0 Å². The van der Waals surface area contributed by atoms with Crippen molar-refractivity contribution in [3.8, 4) is 0 Å². The zero-order chi connectivity index (χ0) is 43.7. The van der Waals surface area contributed by atoms with E-state index >= 15 is 0 Å². The molecular formula is C43H68O18. The first-order chi connectivity index (χ1) is 28.8. The summed E-state index contributed by atoms with van der Waals surface area (Å²) in [6, 6.07) is 0. The number of allylic oxidation sites excluding steroid dienone is 1. The van der Waals surface area contributed by atoms with Crippen molar-refractivity contribution in [2.24, 2.45) is 46.3 Å². The molecule has 4 aliphatic carbocycles. The van der Waals surface area contributed by atoms with Gasteiger partial charge >= 0.3 is 0 Å². The Balaban J connectivity index is 0.994. The fourth-order valence-corrected chi connectivity index (χ4v) is 13.7. The van der Waals surface area contributed by atoms with Gasteiger partial charge in [0.2, 0.25) is 0 Å². The molecule has 3 saturated carbocycles. The van der Waals surface area contributed by atoms with Gasteiger partial charge in [0.1, 0.15) is 61.0 Å². The zero-order valence-corrected chi connectivity index (χ0v) is 35.5. The van der Waals surface area contributed by atoms with Crippen LogP contribution in [0.3, 0.4) is 0 Å². The Bertz CT molecular complexity index is 1620. The van der Waals surface area contributed by atoms with Crippen molar-refractivity contribution < 1.29 is 89.0 Å². The molecule has 0 radical (unpaired) electrons. The summed E-state index contributed by atoms with van der Waals surface area (Å²) in [5, 5.41) is 109. The van der Waals surface area contributed by atoms with E-state index in [1.807, 2.05) is 6.92 Å². The normalized spacial score (nSPS) is 59.6. The summed E-state index contributed by atoms with van der Waals surface area (Å²) in [5.41, 5.74) is 0.334. The number of ether oxygens (including phenoxy) is 8. The molecule has 5 aliphatic heterocycles. The zero-order valence-electron chi connectivity index (χ0n) is 35.5. The lowest BCUT2D eigenvalue weighted by Gasteiger charge is -2.60. The van der Waals surface area contributed by atoms with Gasteiger partial charge in [0.25, 0.3) is 0 Å². The second kappa shape index (κ2) is 16.4. The molecule has 0 aromatic carbocycles. The Morgan fingerprint density at radius 1 is 0.689 bits per heavy atom. The standard InChI is InChI=1S/C43H68O18/c1-16-13-56-43(37(53)29(16)47)17(2)28-26(61-43)12-23-21-7-6-19-10-20(44)11-27(42(19,5)22(21)8-9-41(23,28)4)58-40-36(60-39-34(52)32(50)30(48)18(3)57-39)35(25(46)15-55-40)59-38-33(51)31(49)24(45)14-54-38/h6,16-18,20-40,44-53H,7-15H2,1-5H3. The van der Waals surface area contributed by atoms with Gasteiger partial charge in [-0.05, 0) is 68.1 Å². The predicted octanol–water partition coefficient (Wildman–Crippen LogP) is -1.60. The van der Waals surface area contributed by atoms with Crippen molar-refractivity contribution in [2.45, 2.75) is 189 Å². The molecule has 0 amide bonds. The Hall–Kier alpha value is -0.980. The molecule has 9 aliphatic rings.